The smallest absolute Gasteiger partial charge is 0.313 e. The van der Waals surface area contributed by atoms with Gasteiger partial charge in [0.15, 0.2) is 17.9 Å². The number of hydrogen-bond acceptors (Lipinski definition) is 7. The normalized spacial score (nSPS) is 16.8. The van der Waals surface area contributed by atoms with E-state index >= 15 is 0 Å². The third-order valence-electron chi connectivity index (χ3n) is 5.76. The van der Waals surface area contributed by atoms with Crippen molar-refractivity contribution in [1.82, 2.24) is 10.3 Å². The third kappa shape index (κ3) is 6.04. The van der Waals surface area contributed by atoms with Crippen molar-refractivity contribution in [2.75, 3.05) is 17.7 Å². The second kappa shape index (κ2) is 10.2. The lowest BCUT2D eigenvalue weighted by Crippen LogP contribution is -2.49. The molecule has 9 nitrogen and oxygen atoms in total. The highest BCUT2D eigenvalue weighted by Crippen LogP contribution is 2.32. The molecule has 9 heteroatoms. The van der Waals surface area contributed by atoms with E-state index in [1.165, 1.54) is 13.5 Å². The molecule has 4 rings (SSSR count). The fourth-order valence-electron chi connectivity index (χ4n) is 4.04. The zero-order chi connectivity index (χ0) is 25.8. The number of carbonyl (C=O) groups excluding carboxylic acids is 2. The first-order valence-electron chi connectivity index (χ1n) is 11.6. The zero-order valence-corrected chi connectivity index (χ0v) is 20.8. The lowest BCUT2D eigenvalue weighted by molar-refractivity contribution is -0.137. The Hall–Kier alpha value is -4.27. The summed E-state index contributed by atoms with van der Waals surface area (Å²) in [7, 11) is 1.51. The van der Waals surface area contributed by atoms with Crippen molar-refractivity contribution >= 4 is 23.2 Å². The lowest BCUT2D eigenvalue weighted by atomic mass is 9.94. The van der Waals surface area contributed by atoms with Crippen LogP contribution in [-0.4, -0.2) is 35.2 Å². The van der Waals surface area contributed by atoms with Crippen LogP contribution < -0.4 is 20.7 Å². The SMILES string of the molecule is COc1cc(NC(=O)C(=O)NC(C)(C)Cc2ccc(NC3(C)CC=CO3)cc2)ccc1-c1cnco1. The van der Waals surface area contributed by atoms with Crippen LogP contribution in [0.4, 0.5) is 11.4 Å². The molecule has 2 heterocycles. The van der Waals surface area contributed by atoms with E-state index in [1.807, 2.05) is 51.1 Å². The number of nitrogens with one attached hydrogen (secondary N) is 3. The van der Waals surface area contributed by atoms with Crippen molar-refractivity contribution in [1.29, 1.82) is 0 Å². The Morgan fingerprint density at radius 3 is 2.50 bits per heavy atom. The number of anilines is 2. The Morgan fingerprint density at radius 1 is 1.11 bits per heavy atom. The fourth-order valence-corrected chi connectivity index (χ4v) is 4.04. The molecule has 1 aliphatic heterocycles. The van der Waals surface area contributed by atoms with Crippen LogP contribution in [0.5, 0.6) is 5.75 Å². The van der Waals surface area contributed by atoms with Gasteiger partial charge in [0.2, 0.25) is 0 Å². The molecule has 1 atom stereocenters. The molecule has 1 unspecified atom stereocenters. The van der Waals surface area contributed by atoms with Crippen LogP contribution in [0.1, 0.15) is 32.8 Å². The number of nitrogens with zero attached hydrogens (tertiary/aromatic N) is 1. The summed E-state index contributed by atoms with van der Waals surface area (Å²) < 4.78 is 16.3. The van der Waals surface area contributed by atoms with Gasteiger partial charge in [0.25, 0.3) is 0 Å². The molecule has 36 heavy (non-hydrogen) atoms. The molecule has 3 aromatic rings. The van der Waals surface area contributed by atoms with Crippen LogP contribution >= 0.6 is 0 Å². The maximum absolute atomic E-state index is 12.6. The van der Waals surface area contributed by atoms with Crippen LogP contribution in [0.15, 0.2) is 71.8 Å². The average molecular weight is 491 g/mol. The average Bonchev–Trinajstić information content (AvgIpc) is 3.52. The number of oxazole rings is 1. The first-order valence-corrected chi connectivity index (χ1v) is 11.6. The van der Waals surface area contributed by atoms with Crippen molar-refractivity contribution in [3.8, 4) is 17.1 Å². The van der Waals surface area contributed by atoms with Crippen molar-refractivity contribution < 1.29 is 23.5 Å². The molecular weight excluding hydrogens is 460 g/mol. The van der Waals surface area contributed by atoms with Gasteiger partial charge in [-0.1, -0.05) is 12.1 Å². The van der Waals surface area contributed by atoms with Crippen LogP contribution in [0, 0.1) is 0 Å². The van der Waals surface area contributed by atoms with E-state index in [-0.39, 0.29) is 0 Å². The molecule has 0 fully saturated rings. The summed E-state index contributed by atoms with van der Waals surface area (Å²) in [6.07, 6.45) is 7.90. The molecule has 0 aliphatic carbocycles. The highest BCUT2D eigenvalue weighted by atomic mass is 16.5. The molecule has 1 aliphatic rings. The van der Waals surface area contributed by atoms with E-state index in [9.17, 15) is 9.59 Å². The second-order valence-electron chi connectivity index (χ2n) is 9.50. The first kappa shape index (κ1) is 24.8. The molecular formula is C27H30N4O5. The van der Waals surface area contributed by atoms with Gasteiger partial charge in [-0.05, 0) is 63.1 Å². The van der Waals surface area contributed by atoms with Gasteiger partial charge in [0.1, 0.15) is 5.75 Å². The van der Waals surface area contributed by atoms with Gasteiger partial charge >= 0.3 is 11.8 Å². The van der Waals surface area contributed by atoms with E-state index in [2.05, 4.69) is 20.9 Å². The maximum Gasteiger partial charge on any atom is 0.313 e. The number of hydrogen-bond donors (Lipinski definition) is 3. The summed E-state index contributed by atoms with van der Waals surface area (Å²) in [6.45, 7) is 5.74. The minimum absolute atomic E-state index is 0.422. The Bertz CT molecular complexity index is 1240. The molecule has 2 aromatic carbocycles. The number of aromatic nitrogens is 1. The van der Waals surface area contributed by atoms with E-state index in [0.717, 1.165) is 17.7 Å². The standard InChI is InChI=1S/C27H30N4O5/c1-26(2,15-18-6-8-19(9-7-18)30-27(3)12-5-13-36-27)31-25(33)24(32)29-20-10-11-21(22(14-20)34-4)23-16-28-17-35-23/h5-11,13-14,16-17,30H,12,15H2,1-4H3,(H,29,32)(H,31,33). The largest absolute Gasteiger partial charge is 0.496 e. The minimum atomic E-state index is -0.768. The fraction of sp³-hybridized carbons (Fsp3) is 0.296. The maximum atomic E-state index is 12.6. The van der Waals surface area contributed by atoms with Crippen molar-refractivity contribution in [3.05, 3.63) is 73.0 Å². The Morgan fingerprint density at radius 2 is 1.86 bits per heavy atom. The monoisotopic (exact) mass is 490 g/mol. The van der Waals surface area contributed by atoms with Gasteiger partial charge in [-0.3, -0.25) is 9.59 Å². The van der Waals surface area contributed by atoms with Gasteiger partial charge in [-0.2, -0.15) is 0 Å². The number of benzene rings is 2. The molecule has 0 saturated heterocycles. The highest BCUT2D eigenvalue weighted by Gasteiger charge is 2.27. The number of rotatable bonds is 8. The summed E-state index contributed by atoms with van der Waals surface area (Å²) in [5, 5.41) is 8.81. The van der Waals surface area contributed by atoms with Crippen LogP contribution in [0.2, 0.25) is 0 Å². The zero-order valence-electron chi connectivity index (χ0n) is 20.8. The van der Waals surface area contributed by atoms with Gasteiger partial charge in [0.05, 0.1) is 25.1 Å². The molecule has 0 bridgehead atoms. The number of carbonyl (C=O) groups is 2. The molecule has 188 valence electrons. The Balaban J connectivity index is 1.33. The van der Waals surface area contributed by atoms with E-state index in [4.69, 9.17) is 13.9 Å². The third-order valence-corrected chi connectivity index (χ3v) is 5.76. The number of amides is 2. The van der Waals surface area contributed by atoms with E-state index in [1.54, 1.807) is 30.7 Å². The van der Waals surface area contributed by atoms with Gasteiger partial charge in [-0.25, -0.2) is 4.98 Å². The molecule has 0 spiro atoms. The predicted molar refractivity (Wildman–Crippen MR) is 136 cm³/mol. The van der Waals surface area contributed by atoms with Gasteiger partial charge in [0, 0.05) is 29.4 Å². The topological polar surface area (TPSA) is 115 Å². The van der Waals surface area contributed by atoms with Gasteiger partial charge < -0.3 is 29.8 Å². The molecule has 1 aromatic heterocycles. The van der Waals surface area contributed by atoms with Crippen LogP contribution in [0.3, 0.4) is 0 Å². The van der Waals surface area contributed by atoms with Crippen molar-refractivity contribution in [3.63, 3.8) is 0 Å². The summed E-state index contributed by atoms with van der Waals surface area (Å²) in [5.74, 6) is -0.482. The quantitative estimate of drug-likeness (QED) is 0.399. The lowest BCUT2D eigenvalue weighted by Gasteiger charge is -2.28. The highest BCUT2D eigenvalue weighted by molar-refractivity contribution is 6.39. The van der Waals surface area contributed by atoms with E-state index in [0.29, 0.717) is 29.2 Å². The second-order valence-corrected chi connectivity index (χ2v) is 9.50. The number of ether oxygens (including phenoxy) is 2. The van der Waals surface area contributed by atoms with Crippen molar-refractivity contribution in [2.24, 2.45) is 0 Å². The molecule has 3 N–H and O–H groups in total. The summed E-state index contributed by atoms with van der Waals surface area (Å²) in [4.78, 5) is 29.1. The van der Waals surface area contributed by atoms with Crippen molar-refractivity contribution in [2.45, 2.75) is 44.9 Å². The van der Waals surface area contributed by atoms with Gasteiger partial charge in [-0.15, -0.1) is 0 Å². The summed E-state index contributed by atoms with van der Waals surface area (Å²) in [6, 6.07) is 12.9. The molecule has 0 saturated carbocycles. The summed E-state index contributed by atoms with van der Waals surface area (Å²) >= 11 is 0. The summed E-state index contributed by atoms with van der Waals surface area (Å²) in [5.41, 5.74) is 1.97. The van der Waals surface area contributed by atoms with Crippen LogP contribution in [0.25, 0.3) is 11.3 Å². The predicted octanol–water partition coefficient (Wildman–Crippen LogP) is 4.49. The van der Waals surface area contributed by atoms with E-state index < -0.39 is 23.1 Å². The molecule has 2 amide bonds. The van der Waals surface area contributed by atoms with Crippen LogP contribution in [-0.2, 0) is 20.7 Å². The first-order chi connectivity index (χ1) is 17.2. The molecule has 0 radical (unpaired) electrons. The number of methoxy groups -OCH3 is 1. The Labute approximate surface area is 209 Å². The Kier molecular flexibility index (Phi) is 7.00. The minimum Gasteiger partial charge on any atom is -0.496 e.